The number of benzene rings is 1. The molecule has 2 aromatic rings. The quantitative estimate of drug-likeness (QED) is 0.788. The minimum Gasteiger partial charge on any atom is -0.496 e. The number of rotatable bonds is 2. The molecule has 0 fully saturated rings. The summed E-state index contributed by atoms with van der Waals surface area (Å²) in [6.07, 6.45) is 0. The Labute approximate surface area is 99.9 Å². The van der Waals surface area contributed by atoms with Gasteiger partial charge in [0.05, 0.1) is 18.3 Å². The van der Waals surface area contributed by atoms with E-state index in [1.807, 2.05) is 5.51 Å². The molecule has 0 unspecified atom stereocenters. The smallest absolute Gasteiger partial charge is 0.122 e. The first-order chi connectivity index (χ1) is 7.63. The molecule has 16 heavy (non-hydrogen) atoms. The van der Waals surface area contributed by atoms with E-state index < -0.39 is 0 Å². The van der Waals surface area contributed by atoms with Crippen LogP contribution in [0, 0.1) is 20.8 Å². The predicted molar refractivity (Wildman–Crippen MR) is 68.3 cm³/mol. The van der Waals surface area contributed by atoms with E-state index in [1.54, 1.807) is 18.4 Å². The summed E-state index contributed by atoms with van der Waals surface area (Å²) in [7, 11) is 1.70. The highest BCUT2D eigenvalue weighted by molar-refractivity contribution is 7.10. The fourth-order valence-corrected chi connectivity index (χ4v) is 2.42. The standard InChI is InChI=1S/C13H15NOS/c1-8-6-12(15-4)9(2)5-11(8)13-10(3)16-7-14-13/h5-7H,1-4H3. The Balaban J connectivity index is 2.59. The van der Waals surface area contributed by atoms with Crippen molar-refractivity contribution in [3.63, 3.8) is 0 Å². The molecule has 0 saturated carbocycles. The normalized spacial score (nSPS) is 10.5. The van der Waals surface area contributed by atoms with Crippen LogP contribution in [0.1, 0.15) is 16.0 Å². The van der Waals surface area contributed by atoms with Gasteiger partial charge in [-0.25, -0.2) is 4.98 Å². The molecular formula is C13H15NOS. The Bertz CT molecular complexity index is 517. The Morgan fingerprint density at radius 1 is 1.12 bits per heavy atom. The number of methoxy groups -OCH3 is 1. The molecular weight excluding hydrogens is 218 g/mol. The number of aryl methyl sites for hydroxylation is 3. The largest absolute Gasteiger partial charge is 0.496 e. The Morgan fingerprint density at radius 2 is 1.88 bits per heavy atom. The van der Waals surface area contributed by atoms with Crippen LogP contribution in [0.3, 0.4) is 0 Å². The van der Waals surface area contributed by atoms with Crippen molar-refractivity contribution < 1.29 is 4.74 Å². The summed E-state index contributed by atoms with van der Waals surface area (Å²) < 4.78 is 5.31. The van der Waals surface area contributed by atoms with Gasteiger partial charge in [0.25, 0.3) is 0 Å². The molecule has 1 heterocycles. The Morgan fingerprint density at radius 3 is 2.44 bits per heavy atom. The maximum Gasteiger partial charge on any atom is 0.122 e. The highest BCUT2D eigenvalue weighted by Crippen LogP contribution is 2.32. The molecule has 0 spiro atoms. The van der Waals surface area contributed by atoms with E-state index in [1.165, 1.54) is 16.0 Å². The SMILES string of the molecule is COc1cc(C)c(-c2ncsc2C)cc1C. The lowest BCUT2D eigenvalue weighted by Gasteiger charge is -2.10. The Kier molecular flexibility index (Phi) is 2.97. The molecule has 0 aliphatic rings. The van der Waals surface area contributed by atoms with Crippen LogP contribution in [0.15, 0.2) is 17.6 Å². The number of aromatic nitrogens is 1. The first kappa shape index (κ1) is 11.1. The van der Waals surface area contributed by atoms with Gasteiger partial charge < -0.3 is 4.74 Å². The topological polar surface area (TPSA) is 22.1 Å². The average molecular weight is 233 g/mol. The van der Waals surface area contributed by atoms with Gasteiger partial charge in [-0.3, -0.25) is 0 Å². The lowest BCUT2D eigenvalue weighted by molar-refractivity contribution is 0.411. The number of ether oxygens (including phenoxy) is 1. The average Bonchev–Trinajstić information content (AvgIpc) is 2.67. The van der Waals surface area contributed by atoms with Crippen molar-refractivity contribution >= 4 is 11.3 Å². The van der Waals surface area contributed by atoms with Gasteiger partial charge in [-0.05, 0) is 44.0 Å². The number of hydrogen-bond donors (Lipinski definition) is 0. The van der Waals surface area contributed by atoms with Crippen molar-refractivity contribution in [2.75, 3.05) is 7.11 Å². The second kappa shape index (κ2) is 4.26. The van der Waals surface area contributed by atoms with E-state index in [0.717, 1.165) is 17.0 Å². The second-order valence-corrected chi connectivity index (χ2v) is 4.95. The van der Waals surface area contributed by atoms with Crippen molar-refractivity contribution in [2.24, 2.45) is 0 Å². The summed E-state index contributed by atoms with van der Waals surface area (Å²) in [6.45, 7) is 6.26. The van der Waals surface area contributed by atoms with Crippen LogP contribution >= 0.6 is 11.3 Å². The van der Waals surface area contributed by atoms with E-state index >= 15 is 0 Å². The van der Waals surface area contributed by atoms with Gasteiger partial charge in [0.15, 0.2) is 0 Å². The summed E-state index contributed by atoms with van der Waals surface area (Å²) in [5.41, 5.74) is 6.54. The zero-order chi connectivity index (χ0) is 11.7. The third-order valence-electron chi connectivity index (χ3n) is 2.74. The van der Waals surface area contributed by atoms with E-state index in [-0.39, 0.29) is 0 Å². The van der Waals surface area contributed by atoms with Gasteiger partial charge >= 0.3 is 0 Å². The fraction of sp³-hybridized carbons (Fsp3) is 0.308. The first-order valence-corrected chi connectivity index (χ1v) is 6.07. The molecule has 0 amide bonds. The van der Waals surface area contributed by atoms with Gasteiger partial charge in [-0.15, -0.1) is 11.3 Å². The molecule has 84 valence electrons. The number of hydrogen-bond acceptors (Lipinski definition) is 3. The van der Waals surface area contributed by atoms with E-state index in [4.69, 9.17) is 4.74 Å². The summed E-state index contributed by atoms with van der Waals surface area (Å²) >= 11 is 1.68. The van der Waals surface area contributed by atoms with Gasteiger partial charge in [-0.1, -0.05) is 0 Å². The first-order valence-electron chi connectivity index (χ1n) is 5.19. The molecule has 0 aliphatic heterocycles. The molecule has 1 aromatic heterocycles. The van der Waals surface area contributed by atoms with Crippen molar-refractivity contribution in [1.29, 1.82) is 0 Å². The monoisotopic (exact) mass is 233 g/mol. The van der Waals surface area contributed by atoms with Crippen LogP contribution in [-0.2, 0) is 0 Å². The third kappa shape index (κ3) is 1.83. The van der Waals surface area contributed by atoms with Crippen LogP contribution in [0.5, 0.6) is 5.75 Å². The summed E-state index contributed by atoms with van der Waals surface area (Å²) in [5.74, 6) is 0.939. The van der Waals surface area contributed by atoms with Crippen LogP contribution in [0.2, 0.25) is 0 Å². The Hall–Kier alpha value is -1.35. The lowest BCUT2D eigenvalue weighted by atomic mass is 10.0. The minimum atomic E-state index is 0.939. The molecule has 3 heteroatoms. The second-order valence-electron chi connectivity index (χ2n) is 3.89. The molecule has 0 N–H and O–H groups in total. The van der Waals surface area contributed by atoms with Crippen LogP contribution < -0.4 is 4.74 Å². The summed E-state index contributed by atoms with van der Waals surface area (Å²) in [5, 5.41) is 0. The molecule has 2 rings (SSSR count). The lowest BCUT2D eigenvalue weighted by Crippen LogP contribution is -1.92. The maximum atomic E-state index is 5.31. The molecule has 1 aromatic carbocycles. The van der Waals surface area contributed by atoms with Gasteiger partial charge in [0.1, 0.15) is 5.75 Å². The van der Waals surface area contributed by atoms with Crippen molar-refractivity contribution in [3.8, 4) is 17.0 Å². The van der Waals surface area contributed by atoms with Crippen LogP contribution in [0.4, 0.5) is 0 Å². The summed E-state index contributed by atoms with van der Waals surface area (Å²) in [4.78, 5) is 5.68. The molecule has 0 aliphatic carbocycles. The van der Waals surface area contributed by atoms with Gasteiger partial charge in [0, 0.05) is 10.4 Å². The summed E-state index contributed by atoms with van der Waals surface area (Å²) in [6, 6.07) is 4.22. The van der Waals surface area contributed by atoms with Crippen molar-refractivity contribution in [2.45, 2.75) is 20.8 Å². The maximum absolute atomic E-state index is 5.31. The van der Waals surface area contributed by atoms with Gasteiger partial charge in [0.2, 0.25) is 0 Å². The molecule has 2 nitrogen and oxygen atoms in total. The third-order valence-corrected chi connectivity index (χ3v) is 3.50. The van der Waals surface area contributed by atoms with Crippen LogP contribution in [-0.4, -0.2) is 12.1 Å². The fourth-order valence-electron chi connectivity index (χ4n) is 1.83. The van der Waals surface area contributed by atoms with Crippen molar-refractivity contribution in [1.82, 2.24) is 4.98 Å². The molecule has 0 bridgehead atoms. The van der Waals surface area contributed by atoms with E-state index in [2.05, 4.69) is 37.9 Å². The highest BCUT2D eigenvalue weighted by atomic mass is 32.1. The minimum absolute atomic E-state index is 0.939. The van der Waals surface area contributed by atoms with E-state index in [0.29, 0.717) is 0 Å². The molecule has 0 atom stereocenters. The van der Waals surface area contributed by atoms with E-state index in [9.17, 15) is 0 Å². The highest BCUT2D eigenvalue weighted by Gasteiger charge is 2.10. The van der Waals surface area contributed by atoms with Crippen molar-refractivity contribution in [3.05, 3.63) is 33.6 Å². The predicted octanol–water partition coefficient (Wildman–Crippen LogP) is 3.74. The zero-order valence-electron chi connectivity index (χ0n) is 10.00. The van der Waals surface area contributed by atoms with Gasteiger partial charge in [-0.2, -0.15) is 0 Å². The van der Waals surface area contributed by atoms with Crippen LogP contribution in [0.25, 0.3) is 11.3 Å². The number of nitrogens with zero attached hydrogens (tertiary/aromatic N) is 1. The zero-order valence-corrected chi connectivity index (χ0v) is 10.8. The molecule has 0 radical (unpaired) electrons. The molecule has 0 saturated heterocycles. The number of thiazole rings is 1.